The van der Waals surface area contributed by atoms with Crippen LogP contribution in [0.2, 0.25) is 0 Å². The van der Waals surface area contributed by atoms with Crippen LogP contribution in [0.3, 0.4) is 0 Å². The Morgan fingerprint density at radius 1 is 0.929 bits per heavy atom. The molecule has 3 amide bonds. The molecule has 0 radical (unpaired) electrons. The Kier molecular flexibility index (Phi) is 13.3. The van der Waals surface area contributed by atoms with Crippen LogP contribution in [0.1, 0.15) is 73.2 Å². The lowest BCUT2D eigenvalue weighted by atomic mass is 9.92. The minimum absolute atomic E-state index is 0.00244. The van der Waals surface area contributed by atoms with Crippen molar-refractivity contribution in [3.05, 3.63) is 70.3 Å². The predicted molar refractivity (Wildman–Crippen MR) is 155 cm³/mol. The highest BCUT2D eigenvalue weighted by atomic mass is 19.1. The van der Waals surface area contributed by atoms with Gasteiger partial charge in [0.25, 0.3) is 11.8 Å². The van der Waals surface area contributed by atoms with E-state index < -0.39 is 47.7 Å². The molecule has 0 aliphatic carbocycles. The van der Waals surface area contributed by atoms with Gasteiger partial charge in [-0.1, -0.05) is 13.8 Å². The molecule has 0 unspecified atom stereocenters. The Morgan fingerprint density at radius 3 is 2.10 bits per heavy atom. The molecule has 9 nitrogen and oxygen atoms in total. The first kappa shape index (κ1) is 33.1. The predicted octanol–water partition coefficient (Wildman–Crippen LogP) is 3.14. The second kappa shape index (κ2) is 16.9. The topological polar surface area (TPSA) is 128 Å². The van der Waals surface area contributed by atoms with Crippen LogP contribution < -0.4 is 10.6 Å². The number of rotatable bonds is 16. The third-order valence-corrected chi connectivity index (χ3v) is 6.69. The number of carbonyl (C=O) groups excluding carboxylic acids is 3. The number of benzene rings is 2. The van der Waals surface area contributed by atoms with Gasteiger partial charge in [-0.2, -0.15) is 0 Å². The maximum Gasteiger partial charge on any atom is 0.253 e. The minimum atomic E-state index is -1.71. The first-order chi connectivity index (χ1) is 20.4. The third-order valence-electron chi connectivity index (χ3n) is 6.69. The standard InChI is InChI=1S/C31H43F2N3O6/c1-6-9-36(10-7-2)31(41)23-13-19(3)12-22(17-23)30(40)35-27(16-21-14-24(32)18-25(33)15-21)29(39)28(38)26(8-11-42-5)34-20(4)37/h12-15,17-18,26-29,38-39H,6-11,16H2,1-5H3,(H,34,37)(H,35,40)/t26-,27+,28-,29-/m1/s1/i5D. The largest absolute Gasteiger partial charge is 0.388 e. The van der Waals surface area contributed by atoms with E-state index in [0.29, 0.717) is 30.3 Å². The van der Waals surface area contributed by atoms with E-state index in [0.717, 1.165) is 25.0 Å². The lowest BCUT2D eigenvalue weighted by Gasteiger charge is -2.33. The summed E-state index contributed by atoms with van der Waals surface area (Å²) in [5.74, 6) is -3.12. The molecule has 0 aliphatic rings. The van der Waals surface area contributed by atoms with Gasteiger partial charge in [0.2, 0.25) is 5.91 Å². The molecule has 0 bridgehead atoms. The van der Waals surface area contributed by atoms with Crippen LogP contribution in [-0.2, 0) is 16.0 Å². The van der Waals surface area contributed by atoms with Crippen molar-refractivity contribution in [2.24, 2.45) is 0 Å². The Bertz CT molecular complexity index is 1210. The summed E-state index contributed by atoms with van der Waals surface area (Å²) < 4.78 is 40.1. The van der Waals surface area contributed by atoms with Crippen molar-refractivity contribution in [3.8, 4) is 0 Å². The molecule has 232 valence electrons. The fourth-order valence-corrected chi connectivity index (χ4v) is 4.84. The van der Waals surface area contributed by atoms with Crippen LogP contribution in [0.5, 0.6) is 0 Å². The summed E-state index contributed by atoms with van der Waals surface area (Å²) in [7, 11) is -0.342. The molecular weight excluding hydrogens is 548 g/mol. The van der Waals surface area contributed by atoms with E-state index in [4.69, 9.17) is 6.11 Å². The van der Waals surface area contributed by atoms with E-state index in [1.807, 2.05) is 13.8 Å². The smallest absolute Gasteiger partial charge is 0.253 e. The number of hydrogen-bond donors (Lipinski definition) is 4. The fourth-order valence-electron chi connectivity index (χ4n) is 4.84. The average Bonchev–Trinajstić information content (AvgIpc) is 2.94. The summed E-state index contributed by atoms with van der Waals surface area (Å²) >= 11 is 0. The number of hydrogen-bond acceptors (Lipinski definition) is 6. The number of halogens is 2. The molecule has 0 aliphatic heterocycles. The Balaban J connectivity index is 2.42. The summed E-state index contributed by atoms with van der Waals surface area (Å²) in [4.78, 5) is 40.3. The Labute approximate surface area is 247 Å². The van der Waals surface area contributed by atoms with Gasteiger partial charge in [0, 0.05) is 50.9 Å². The van der Waals surface area contributed by atoms with Crippen molar-refractivity contribution >= 4 is 17.7 Å². The first-order valence-corrected chi connectivity index (χ1v) is 14.1. The highest BCUT2D eigenvalue weighted by molar-refractivity contribution is 6.00. The van der Waals surface area contributed by atoms with Gasteiger partial charge in [-0.25, -0.2) is 8.78 Å². The Morgan fingerprint density at radius 2 is 1.52 bits per heavy atom. The number of ether oxygens (including phenoxy) is 1. The van der Waals surface area contributed by atoms with Crippen LogP contribution in [0.15, 0.2) is 36.4 Å². The molecular formula is C31H43F2N3O6. The van der Waals surface area contributed by atoms with Crippen LogP contribution >= 0.6 is 0 Å². The monoisotopic (exact) mass is 592 g/mol. The molecule has 0 fully saturated rings. The van der Waals surface area contributed by atoms with Gasteiger partial charge in [-0.3, -0.25) is 14.4 Å². The summed E-state index contributed by atoms with van der Waals surface area (Å²) in [5.41, 5.74) is 1.19. The maximum absolute atomic E-state index is 14.0. The summed E-state index contributed by atoms with van der Waals surface area (Å²) in [5, 5.41) is 27.5. The van der Waals surface area contributed by atoms with Gasteiger partial charge >= 0.3 is 0 Å². The van der Waals surface area contributed by atoms with Crippen LogP contribution in [0.25, 0.3) is 0 Å². The number of amides is 3. The SMILES string of the molecule is [2H]COCC[C@@H](NC(C)=O)[C@@H](O)[C@H](O)[C@H](Cc1cc(F)cc(F)c1)NC(=O)c1cc(C)cc(C(=O)N(CCC)CCC)c1. The fraction of sp³-hybridized carbons (Fsp3) is 0.516. The highest BCUT2D eigenvalue weighted by Gasteiger charge is 2.34. The zero-order chi connectivity index (χ0) is 32.1. The molecule has 11 heteroatoms. The van der Waals surface area contributed by atoms with Gasteiger partial charge in [0.1, 0.15) is 23.8 Å². The van der Waals surface area contributed by atoms with Gasteiger partial charge in [-0.15, -0.1) is 0 Å². The molecule has 0 saturated heterocycles. The van der Waals surface area contributed by atoms with E-state index in [1.54, 1.807) is 24.0 Å². The normalized spacial score (nSPS) is 14.3. The van der Waals surface area contributed by atoms with Gasteiger partial charge in [0.05, 0.1) is 13.5 Å². The summed E-state index contributed by atoms with van der Waals surface area (Å²) in [6, 6.07) is 5.19. The second-order valence-electron chi connectivity index (χ2n) is 10.4. The first-order valence-electron chi connectivity index (χ1n) is 14.8. The second-order valence-corrected chi connectivity index (χ2v) is 10.4. The van der Waals surface area contributed by atoms with E-state index in [1.165, 1.54) is 13.0 Å². The zero-order valence-corrected chi connectivity index (χ0v) is 24.7. The number of nitrogens with zero attached hydrogens (tertiary/aromatic N) is 1. The lowest BCUT2D eigenvalue weighted by molar-refractivity contribution is -0.121. The molecule has 4 N–H and O–H groups in total. The van der Waals surface area contributed by atoms with Crippen molar-refractivity contribution < 1.29 is 39.5 Å². The van der Waals surface area contributed by atoms with Gasteiger partial charge in [0.15, 0.2) is 0 Å². The molecule has 2 aromatic carbocycles. The molecule has 2 aromatic rings. The molecule has 0 spiro atoms. The highest BCUT2D eigenvalue weighted by Crippen LogP contribution is 2.18. The minimum Gasteiger partial charge on any atom is -0.388 e. The van der Waals surface area contributed by atoms with Gasteiger partial charge in [-0.05, 0) is 74.1 Å². The number of aliphatic hydroxyl groups is 2. The van der Waals surface area contributed by atoms with Crippen LogP contribution in [-0.4, -0.2) is 83.9 Å². The zero-order valence-electron chi connectivity index (χ0n) is 25.7. The Hall–Kier alpha value is -3.41. The maximum atomic E-state index is 14.0. The summed E-state index contributed by atoms with van der Waals surface area (Å²) in [6.45, 7) is 8.01. The van der Waals surface area contributed by atoms with Crippen molar-refractivity contribution in [2.75, 3.05) is 26.8 Å². The number of methoxy groups -OCH3 is 1. The quantitative estimate of drug-likeness (QED) is 0.222. The molecule has 0 saturated carbocycles. The van der Waals surface area contributed by atoms with Crippen molar-refractivity contribution in [3.63, 3.8) is 0 Å². The molecule has 0 heterocycles. The van der Waals surface area contributed by atoms with Crippen molar-refractivity contribution in [1.82, 2.24) is 15.5 Å². The number of aryl methyl sites for hydroxylation is 1. The van der Waals surface area contributed by atoms with Crippen molar-refractivity contribution in [2.45, 2.75) is 77.7 Å². The van der Waals surface area contributed by atoms with E-state index in [-0.39, 0.29) is 43.6 Å². The lowest BCUT2D eigenvalue weighted by Crippen LogP contribution is -2.56. The average molecular weight is 593 g/mol. The number of carbonyl (C=O) groups is 3. The molecule has 42 heavy (non-hydrogen) atoms. The molecule has 2 rings (SSSR count). The van der Waals surface area contributed by atoms with Gasteiger partial charge < -0.3 is 30.5 Å². The van der Waals surface area contributed by atoms with E-state index in [9.17, 15) is 33.4 Å². The van der Waals surface area contributed by atoms with E-state index >= 15 is 0 Å². The van der Waals surface area contributed by atoms with Crippen molar-refractivity contribution in [1.29, 1.82) is 0 Å². The van der Waals surface area contributed by atoms with E-state index in [2.05, 4.69) is 10.6 Å². The third kappa shape index (κ3) is 10.5. The number of aliphatic hydroxyl groups excluding tert-OH is 2. The van der Waals surface area contributed by atoms with Crippen LogP contribution in [0, 0.1) is 18.6 Å². The summed E-state index contributed by atoms with van der Waals surface area (Å²) in [6.07, 6.45) is -2.04. The van der Waals surface area contributed by atoms with Crippen LogP contribution in [0.4, 0.5) is 8.78 Å². The number of nitrogens with one attached hydrogen (secondary N) is 2. The molecule has 0 aromatic heterocycles. The molecule has 4 atom stereocenters.